The fourth-order valence-corrected chi connectivity index (χ4v) is 2.88. The Morgan fingerprint density at radius 1 is 1.39 bits per heavy atom. The first kappa shape index (κ1) is 13.6. The fraction of sp³-hybridized carbons (Fsp3) is 0.625. The van der Waals surface area contributed by atoms with Gasteiger partial charge in [0.15, 0.2) is 0 Å². The van der Waals surface area contributed by atoms with Crippen molar-refractivity contribution in [1.82, 2.24) is 5.32 Å². The molecule has 100 valence electrons. The van der Waals surface area contributed by atoms with E-state index in [0.29, 0.717) is 17.9 Å². The summed E-state index contributed by atoms with van der Waals surface area (Å²) in [6.07, 6.45) is 2.32. The average Bonchev–Trinajstić information content (AvgIpc) is 2.83. The summed E-state index contributed by atoms with van der Waals surface area (Å²) in [7, 11) is 2.05. The predicted molar refractivity (Wildman–Crippen MR) is 75.7 cm³/mol. The van der Waals surface area contributed by atoms with E-state index in [4.69, 9.17) is 4.74 Å². The van der Waals surface area contributed by atoms with Gasteiger partial charge in [-0.2, -0.15) is 0 Å². The maximum atomic E-state index is 5.52. The van der Waals surface area contributed by atoms with Gasteiger partial charge in [-0.15, -0.1) is 0 Å². The molecule has 1 aliphatic heterocycles. The largest absolute Gasteiger partial charge is 0.381 e. The zero-order valence-corrected chi connectivity index (χ0v) is 11.8. The summed E-state index contributed by atoms with van der Waals surface area (Å²) in [5, 5.41) is 3.46. The second kappa shape index (κ2) is 6.35. The van der Waals surface area contributed by atoms with Gasteiger partial charge in [-0.25, -0.2) is 0 Å². The highest BCUT2D eigenvalue weighted by Crippen LogP contribution is 2.29. The normalized spacial score (nSPS) is 21.4. The SMILES string of the molecule is CNC(c1cccc(CC(C)C)c1)C1CCOC1. The standard InChI is InChI=1S/C16H25NO/c1-12(2)9-13-5-4-6-14(10-13)16(17-3)15-7-8-18-11-15/h4-6,10,12,15-17H,7-9,11H2,1-3H3. The first-order valence-electron chi connectivity index (χ1n) is 7.04. The van der Waals surface area contributed by atoms with E-state index in [9.17, 15) is 0 Å². The van der Waals surface area contributed by atoms with Gasteiger partial charge in [-0.1, -0.05) is 38.1 Å². The van der Waals surface area contributed by atoms with Crippen LogP contribution >= 0.6 is 0 Å². The van der Waals surface area contributed by atoms with Gasteiger partial charge in [-0.3, -0.25) is 0 Å². The van der Waals surface area contributed by atoms with E-state index >= 15 is 0 Å². The molecule has 1 aromatic carbocycles. The summed E-state index contributed by atoms with van der Waals surface area (Å²) >= 11 is 0. The van der Waals surface area contributed by atoms with Crippen LogP contribution in [0.3, 0.4) is 0 Å². The van der Waals surface area contributed by atoms with Gasteiger partial charge in [0, 0.05) is 18.6 Å². The van der Waals surface area contributed by atoms with Crippen molar-refractivity contribution >= 4 is 0 Å². The third-order valence-electron chi connectivity index (χ3n) is 3.70. The van der Waals surface area contributed by atoms with Gasteiger partial charge in [0.2, 0.25) is 0 Å². The molecule has 1 fully saturated rings. The first-order chi connectivity index (χ1) is 8.70. The zero-order valence-electron chi connectivity index (χ0n) is 11.8. The lowest BCUT2D eigenvalue weighted by Crippen LogP contribution is -2.25. The number of benzene rings is 1. The van der Waals surface area contributed by atoms with Crippen LogP contribution in [0, 0.1) is 11.8 Å². The van der Waals surface area contributed by atoms with E-state index in [-0.39, 0.29) is 0 Å². The molecule has 2 nitrogen and oxygen atoms in total. The molecule has 0 radical (unpaired) electrons. The third kappa shape index (κ3) is 3.33. The molecule has 0 spiro atoms. The van der Waals surface area contributed by atoms with E-state index in [0.717, 1.165) is 19.6 Å². The summed E-state index contributed by atoms with van der Waals surface area (Å²) in [6.45, 7) is 6.34. The maximum Gasteiger partial charge on any atom is 0.0513 e. The second-order valence-corrected chi connectivity index (χ2v) is 5.73. The highest BCUT2D eigenvalue weighted by atomic mass is 16.5. The molecule has 1 aromatic rings. The molecular weight excluding hydrogens is 222 g/mol. The van der Waals surface area contributed by atoms with E-state index < -0.39 is 0 Å². The van der Waals surface area contributed by atoms with Gasteiger partial charge < -0.3 is 10.1 Å². The Hall–Kier alpha value is -0.860. The topological polar surface area (TPSA) is 21.3 Å². The van der Waals surface area contributed by atoms with Crippen LogP contribution in [0.15, 0.2) is 24.3 Å². The van der Waals surface area contributed by atoms with Gasteiger partial charge >= 0.3 is 0 Å². The molecule has 1 aliphatic rings. The van der Waals surface area contributed by atoms with E-state index in [2.05, 4.69) is 50.5 Å². The average molecular weight is 247 g/mol. The lowest BCUT2D eigenvalue weighted by Gasteiger charge is -2.23. The molecule has 0 aromatic heterocycles. The number of hydrogen-bond acceptors (Lipinski definition) is 2. The molecule has 1 saturated heterocycles. The Morgan fingerprint density at radius 3 is 2.83 bits per heavy atom. The molecule has 0 amide bonds. The summed E-state index contributed by atoms with van der Waals surface area (Å²) < 4.78 is 5.52. The molecule has 0 saturated carbocycles. The number of rotatable bonds is 5. The molecule has 2 heteroatoms. The predicted octanol–water partition coefficient (Wildman–Crippen LogP) is 3.18. The molecule has 2 atom stereocenters. The highest BCUT2D eigenvalue weighted by molar-refractivity contribution is 5.27. The van der Waals surface area contributed by atoms with Crippen LogP contribution in [0.4, 0.5) is 0 Å². The van der Waals surface area contributed by atoms with Crippen LogP contribution in [0.25, 0.3) is 0 Å². The van der Waals surface area contributed by atoms with E-state index in [1.165, 1.54) is 17.5 Å². The Morgan fingerprint density at radius 2 is 2.22 bits per heavy atom. The monoisotopic (exact) mass is 247 g/mol. The van der Waals surface area contributed by atoms with Crippen LogP contribution in [-0.4, -0.2) is 20.3 Å². The quantitative estimate of drug-likeness (QED) is 0.863. The Kier molecular flexibility index (Phi) is 4.79. The summed E-state index contributed by atoms with van der Waals surface area (Å²) in [5.41, 5.74) is 2.85. The third-order valence-corrected chi connectivity index (χ3v) is 3.70. The van der Waals surface area contributed by atoms with Crippen LogP contribution in [-0.2, 0) is 11.2 Å². The number of ether oxygens (including phenoxy) is 1. The summed E-state index contributed by atoms with van der Waals surface area (Å²) in [6, 6.07) is 9.46. The number of nitrogens with one attached hydrogen (secondary N) is 1. The van der Waals surface area contributed by atoms with Gasteiger partial charge in [0.05, 0.1) is 6.61 Å². The van der Waals surface area contributed by atoms with Crippen molar-refractivity contribution in [3.05, 3.63) is 35.4 Å². The van der Waals surface area contributed by atoms with E-state index in [1.54, 1.807) is 0 Å². The van der Waals surface area contributed by atoms with E-state index in [1.807, 2.05) is 0 Å². The van der Waals surface area contributed by atoms with Crippen LogP contribution in [0.5, 0.6) is 0 Å². The molecular formula is C16H25NO. The highest BCUT2D eigenvalue weighted by Gasteiger charge is 2.25. The van der Waals surface area contributed by atoms with Crippen LogP contribution in [0.1, 0.15) is 37.4 Å². The lowest BCUT2D eigenvalue weighted by atomic mass is 9.90. The van der Waals surface area contributed by atoms with Crippen molar-refractivity contribution in [2.24, 2.45) is 11.8 Å². The van der Waals surface area contributed by atoms with Crippen molar-refractivity contribution in [3.8, 4) is 0 Å². The minimum Gasteiger partial charge on any atom is -0.381 e. The van der Waals surface area contributed by atoms with Gasteiger partial charge in [0.1, 0.15) is 0 Å². The molecule has 2 unspecified atom stereocenters. The Labute approximate surface area is 111 Å². The molecule has 1 N–H and O–H groups in total. The van der Waals surface area contributed by atoms with Crippen LogP contribution in [0.2, 0.25) is 0 Å². The van der Waals surface area contributed by atoms with Crippen LogP contribution < -0.4 is 5.32 Å². The first-order valence-corrected chi connectivity index (χ1v) is 7.04. The Bertz CT molecular complexity index is 369. The van der Waals surface area contributed by atoms with Crippen molar-refractivity contribution in [1.29, 1.82) is 0 Å². The smallest absolute Gasteiger partial charge is 0.0513 e. The lowest BCUT2D eigenvalue weighted by molar-refractivity contribution is 0.178. The van der Waals surface area contributed by atoms with Gasteiger partial charge in [0.25, 0.3) is 0 Å². The molecule has 2 rings (SSSR count). The minimum absolute atomic E-state index is 0.430. The van der Waals surface area contributed by atoms with Crippen molar-refractivity contribution in [3.63, 3.8) is 0 Å². The van der Waals surface area contributed by atoms with Gasteiger partial charge in [-0.05, 0) is 36.9 Å². The number of hydrogen-bond donors (Lipinski definition) is 1. The minimum atomic E-state index is 0.430. The molecule has 0 aliphatic carbocycles. The van der Waals surface area contributed by atoms with Crippen molar-refractivity contribution in [2.75, 3.05) is 20.3 Å². The van der Waals surface area contributed by atoms with Crippen molar-refractivity contribution in [2.45, 2.75) is 32.7 Å². The van der Waals surface area contributed by atoms with Crippen molar-refractivity contribution < 1.29 is 4.74 Å². The molecule has 0 bridgehead atoms. The summed E-state index contributed by atoms with van der Waals surface area (Å²) in [4.78, 5) is 0. The Balaban J connectivity index is 2.14. The zero-order chi connectivity index (χ0) is 13.0. The molecule has 18 heavy (non-hydrogen) atoms. The molecule has 1 heterocycles. The summed E-state index contributed by atoms with van der Waals surface area (Å²) in [5.74, 6) is 1.33. The fourth-order valence-electron chi connectivity index (χ4n) is 2.88. The second-order valence-electron chi connectivity index (χ2n) is 5.73. The maximum absolute atomic E-state index is 5.52.